The maximum absolute atomic E-state index is 12.5. The van der Waals surface area contributed by atoms with Crippen molar-refractivity contribution in [1.82, 2.24) is 25.1 Å². The fourth-order valence-electron chi connectivity index (χ4n) is 3.29. The molecule has 0 saturated carbocycles. The lowest BCUT2D eigenvalue weighted by Crippen LogP contribution is -2.38. The number of hydrogen-bond acceptors (Lipinski definition) is 5. The molecule has 1 amide bonds. The minimum absolute atomic E-state index is 0.228. The van der Waals surface area contributed by atoms with Crippen LogP contribution in [0.4, 0.5) is 4.79 Å². The number of aromatic amines is 2. The van der Waals surface area contributed by atoms with Gasteiger partial charge in [-0.05, 0) is 32.3 Å². The van der Waals surface area contributed by atoms with Crippen molar-refractivity contribution in [2.24, 2.45) is 0 Å². The molecule has 3 aromatic rings. The Morgan fingerprint density at radius 1 is 1.44 bits per heavy atom. The summed E-state index contributed by atoms with van der Waals surface area (Å²) in [5.74, 6) is 0.424. The molecule has 1 saturated heterocycles. The van der Waals surface area contributed by atoms with Crippen LogP contribution in [-0.4, -0.2) is 42.8 Å². The largest absolute Gasteiger partial charge is 0.465 e. The number of hydrogen-bond donors (Lipinski definition) is 3. The summed E-state index contributed by atoms with van der Waals surface area (Å²) >= 11 is 1.36. The Bertz CT molecular complexity index is 1000. The predicted molar refractivity (Wildman–Crippen MR) is 93.9 cm³/mol. The van der Waals surface area contributed by atoms with E-state index in [9.17, 15) is 14.7 Å². The average molecular weight is 359 g/mol. The highest BCUT2D eigenvalue weighted by Gasteiger charge is 2.30. The van der Waals surface area contributed by atoms with Gasteiger partial charge >= 0.3 is 6.09 Å². The topological polar surface area (TPSA) is 115 Å². The van der Waals surface area contributed by atoms with Crippen LogP contribution in [0.25, 0.3) is 20.7 Å². The number of amides is 1. The Morgan fingerprint density at radius 2 is 2.28 bits per heavy atom. The highest BCUT2D eigenvalue weighted by atomic mass is 32.1. The molecule has 0 radical (unpaired) electrons. The molecule has 4 rings (SSSR count). The van der Waals surface area contributed by atoms with E-state index in [1.165, 1.54) is 16.2 Å². The predicted octanol–water partition coefficient (Wildman–Crippen LogP) is 2.89. The highest BCUT2D eigenvalue weighted by molar-refractivity contribution is 7.22. The zero-order valence-electron chi connectivity index (χ0n) is 13.6. The summed E-state index contributed by atoms with van der Waals surface area (Å²) in [4.78, 5) is 33.6. The van der Waals surface area contributed by atoms with Crippen LogP contribution in [0.2, 0.25) is 0 Å². The lowest BCUT2D eigenvalue weighted by Gasteiger charge is -2.32. The second-order valence-electron chi connectivity index (χ2n) is 6.17. The van der Waals surface area contributed by atoms with E-state index >= 15 is 0 Å². The van der Waals surface area contributed by atoms with Crippen LogP contribution in [0, 0.1) is 6.92 Å². The van der Waals surface area contributed by atoms with Gasteiger partial charge in [0, 0.05) is 22.7 Å². The van der Waals surface area contributed by atoms with Gasteiger partial charge in [0.05, 0.1) is 17.8 Å². The third kappa shape index (κ3) is 2.70. The second kappa shape index (κ2) is 5.99. The van der Waals surface area contributed by atoms with E-state index in [0.29, 0.717) is 29.0 Å². The molecule has 1 aliphatic rings. The molecule has 1 atom stereocenters. The molecule has 0 aliphatic carbocycles. The monoisotopic (exact) mass is 359 g/mol. The van der Waals surface area contributed by atoms with Gasteiger partial charge in [-0.1, -0.05) is 0 Å². The summed E-state index contributed by atoms with van der Waals surface area (Å²) in [6.45, 7) is 2.38. The number of thiophene rings is 1. The molecule has 1 fully saturated rings. The van der Waals surface area contributed by atoms with Crippen molar-refractivity contribution in [3.05, 3.63) is 34.1 Å². The average Bonchev–Trinajstić information content (AvgIpc) is 3.20. The van der Waals surface area contributed by atoms with Gasteiger partial charge in [-0.2, -0.15) is 5.10 Å². The summed E-state index contributed by atoms with van der Waals surface area (Å²) in [7, 11) is 0. The molecule has 9 heteroatoms. The van der Waals surface area contributed by atoms with E-state index in [0.717, 1.165) is 29.0 Å². The van der Waals surface area contributed by atoms with Gasteiger partial charge in [0.25, 0.3) is 5.56 Å². The van der Waals surface area contributed by atoms with E-state index in [-0.39, 0.29) is 5.56 Å². The van der Waals surface area contributed by atoms with Gasteiger partial charge in [0.1, 0.15) is 10.5 Å². The number of rotatable bonds is 2. The Kier molecular flexibility index (Phi) is 3.79. The molecule has 8 nitrogen and oxygen atoms in total. The molecule has 3 N–H and O–H groups in total. The minimum atomic E-state index is -0.979. The van der Waals surface area contributed by atoms with Crippen LogP contribution < -0.4 is 5.56 Å². The summed E-state index contributed by atoms with van der Waals surface area (Å²) < 4.78 is 0.539. The standard InChI is InChI=1S/C16H17N5O3S/c1-8-9(7-17-20-8)12-6-10-13(25-12)15(22)19-14(18-10)11-4-2-3-5-21(11)16(23)24/h6-7,11H,2-5H2,1H3,(H,17,20)(H,23,24)(H,18,19,22)/t11-/m0/s1. The third-order valence-electron chi connectivity index (χ3n) is 4.56. The van der Waals surface area contributed by atoms with Gasteiger partial charge in [-0.25, -0.2) is 9.78 Å². The number of nitrogens with zero attached hydrogens (tertiary/aromatic N) is 3. The molecule has 0 aromatic carbocycles. The Balaban J connectivity index is 1.80. The third-order valence-corrected chi connectivity index (χ3v) is 5.72. The van der Waals surface area contributed by atoms with Crippen molar-refractivity contribution < 1.29 is 9.90 Å². The molecule has 25 heavy (non-hydrogen) atoms. The zero-order valence-corrected chi connectivity index (χ0v) is 14.4. The van der Waals surface area contributed by atoms with E-state index < -0.39 is 12.1 Å². The van der Waals surface area contributed by atoms with Gasteiger partial charge in [0.15, 0.2) is 0 Å². The van der Waals surface area contributed by atoms with Crippen LogP contribution in [0.3, 0.4) is 0 Å². The second-order valence-corrected chi connectivity index (χ2v) is 7.22. The highest BCUT2D eigenvalue weighted by Crippen LogP contribution is 2.34. The van der Waals surface area contributed by atoms with Gasteiger partial charge in [0.2, 0.25) is 0 Å². The molecular formula is C16H17N5O3S. The number of nitrogens with one attached hydrogen (secondary N) is 2. The zero-order chi connectivity index (χ0) is 17.6. The molecule has 0 bridgehead atoms. The van der Waals surface area contributed by atoms with Gasteiger partial charge < -0.3 is 10.1 Å². The molecule has 130 valence electrons. The maximum atomic E-state index is 12.5. The number of aromatic nitrogens is 4. The lowest BCUT2D eigenvalue weighted by molar-refractivity contribution is 0.104. The van der Waals surface area contributed by atoms with Crippen LogP contribution in [0.15, 0.2) is 17.1 Å². The first kappa shape index (κ1) is 15.8. The number of H-pyrrole nitrogens is 2. The number of piperidine rings is 1. The summed E-state index contributed by atoms with van der Waals surface area (Å²) in [6.07, 6.45) is 3.16. The van der Waals surface area contributed by atoms with Crippen molar-refractivity contribution in [2.45, 2.75) is 32.2 Å². The summed E-state index contributed by atoms with van der Waals surface area (Å²) in [6, 6.07) is 1.47. The summed E-state index contributed by atoms with van der Waals surface area (Å²) in [5, 5.41) is 16.3. The number of likely N-dealkylation sites (tertiary alicyclic amines) is 1. The Morgan fingerprint density at radius 3 is 3.00 bits per heavy atom. The quantitative estimate of drug-likeness (QED) is 0.651. The number of carbonyl (C=O) groups is 1. The van der Waals surface area contributed by atoms with Crippen molar-refractivity contribution in [3.8, 4) is 10.4 Å². The molecule has 1 aliphatic heterocycles. The van der Waals surface area contributed by atoms with E-state index in [4.69, 9.17) is 0 Å². The molecular weight excluding hydrogens is 342 g/mol. The Hall–Kier alpha value is -2.68. The van der Waals surface area contributed by atoms with E-state index in [1.54, 1.807) is 6.20 Å². The minimum Gasteiger partial charge on any atom is -0.465 e. The maximum Gasteiger partial charge on any atom is 0.407 e. The van der Waals surface area contributed by atoms with Gasteiger partial charge in [-0.15, -0.1) is 11.3 Å². The fraction of sp³-hybridized carbons (Fsp3) is 0.375. The van der Waals surface area contributed by atoms with Crippen LogP contribution >= 0.6 is 11.3 Å². The first-order valence-electron chi connectivity index (χ1n) is 8.08. The molecule has 3 aromatic heterocycles. The first-order valence-corrected chi connectivity index (χ1v) is 8.90. The normalized spacial score (nSPS) is 18.0. The fourth-order valence-corrected chi connectivity index (χ4v) is 4.35. The summed E-state index contributed by atoms with van der Waals surface area (Å²) in [5.41, 5.74) is 2.23. The molecule has 0 unspecified atom stereocenters. The number of aryl methyl sites for hydroxylation is 1. The van der Waals surface area contributed by atoms with Crippen molar-refractivity contribution >= 4 is 27.6 Å². The van der Waals surface area contributed by atoms with Crippen molar-refractivity contribution in [1.29, 1.82) is 0 Å². The Labute approximate surface area is 146 Å². The van der Waals surface area contributed by atoms with Crippen molar-refractivity contribution in [3.63, 3.8) is 0 Å². The van der Waals surface area contributed by atoms with E-state index in [2.05, 4.69) is 20.2 Å². The smallest absolute Gasteiger partial charge is 0.407 e. The van der Waals surface area contributed by atoms with Crippen LogP contribution in [0.5, 0.6) is 0 Å². The lowest BCUT2D eigenvalue weighted by atomic mass is 10.0. The molecule has 0 spiro atoms. The first-order chi connectivity index (χ1) is 12.0. The number of fused-ring (bicyclic) bond motifs is 1. The SMILES string of the molecule is Cc1[nH]ncc1-c1cc2nc([C@@H]3CCCCN3C(=O)O)[nH]c(=O)c2s1. The van der Waals surface area contributed by atoms with Crippen LogP contribution in [0.1, 0.15) is 36.8 Å². The van der Waals surface area contributed by atoms with Gasteiger partial charge in [-0.3, -0.25) is 14.8 Å². The number of carboxylic acid groups (broad SMARTS) is 1. The molecule has 4 heterocycles. The van der Waals surface area contributed by atoms with Crippen LogP contribution in [-0.2, 0) is 0 Å². The van der Waals surface area contributed by atoms with Crippen molar-refractivity contribution in [2.75, 3.05) is 6.54 Å². The van der Waals surface area contributed by atoms with E-state index in [1.807, 2.05) is 13.0 Å².